The molecule has 0 bridgehead atoms. The second-order valence-electron chi connectivity index (χ2n) is 6.20. The predicted octanol–water partition coefficient (Wildman–Crippen LogP) is 3.25. The molecule has 1 aromatic heterocycles. The maximum atomic E-state index is 13.8. The second kappa shape index (κ2) is 6.54. The van der Waals surface area contributed by atoms with Crippen LogP contribution in [0, 0.1) is 12.7 Å². The highest BCUT2D eigenvalue weighted by atomic mass is 19.1. The third-order valence-corrected chi connectivity index (χ3v) is 4.43. The Balaban J connectivity index is 1.66. The van der Waals surface area contributed by atoms with E-state index in [1.165, 1.54) is 11.8 Å². The Labute approximate surface area is 135 Å². The fraction of sp³-hybridized carbons (Fsp3) is 0.389. The van der Waals surface area contributed by atoms with Gasteiger partial charge in [-0.05, 0) is 56.1 Å². The predicted molar refractivity (Wildman–Crippen MR) is 88.7 cm³/mol. The van der Waals surface area contributed by atoms with Gasteiger partial charge in [-0.15, -0.1) is 0 Å². The van der Waals surface area contributed by atoms with Gasteiger partial charge in [0.15, 0.2) is 0 Å². The molecule has 1 amide bonds. The van der Waals surface area contributed by atoms with Crippen molar-refractivity contribution in [1.29, 1.82) is 0 Å². The molecule has 122 valence electrons. The first-order valence-electron chi connectivity index (χ1n) is 7.96. The van der Waals surface area contributed by atoms with Crippen LogP contribution in [0.1, 0.15) is 30.1 Å². The van der Waals surface area contributed by atoms with Crippen LogP contribution in [0.3, 0.4) is 0 Å². The van der Waals surface area contributed by atoms with Gasteiger partial charge in [0.05, 0.1) is 18.3 Å². The zero-order valence-electron chi connectivity index (χ0n) is 13.6. The first-order valence-corrected chi connectivity index (χ1v) is 7.96. The van der Waals surface area contributed by atoms with Crippen LogP contribution in [0.25, 0.3) is 0 Å². The van der Waals surface area contributed by atoms with E-state index in [9.17, 15) is 9.18 Å². The lowest BCUT2D eigenvalue weighted by Crippen LogP contribution is -2.33. The summed E-state index contributed by atoms with van der Waals surface area (Å²) in [5, 5.41) is 2.68. The van der Waals surface area contributed by atoms with Crippen LogP contribution in [0.15, 0.2) is 36.5 Å². The molecule has 1 atom stereocenters. The van der Waals surface area contributed by atoms with E-state index in [2.05, 4.69) is 20.9 Å². The minimum Gasteiger partial charge on any atom is -0.353 e. The summed E-state index contributed by atoms with van der Waals surface area (Å²) in [6.07, 6.45) is 4.14. The summed E-state index contributed by atoms with van der Waals surface area (Å²) in [5.41, 5.74) is 2.30. The molecule has 5 heteroatoms. The van der Waals surface area contributed by atoms with Crippen molar-refractivity contribution in [3.8, 4) is 0 Å². The number of hydrogen-bond acceptors (Lipinski definition) is 2. The molecule has 2 heterocycles. The third kappa shape index (κ3) is 3.45. The topological polar surface area (TPSA) is 37.3 Å². The number of rotatable bonds is 4. The van der Waals surface area contributed by atoms with E-state index in [4.69, 9.17) is 0 Å². The van der Waals surface area contributed by atoms with Gasteiger partial charge in [0.1, 0.15) is 5.82 Å². The van der Waals surface area contributed by atoms with E-state index in [0.717, 1.165) is 24.9 Å². The van der Waals surface area contributed by atoms with Gasteiger partial charge in [0.25, 0.3) is 0 Å². The molecule has 1 aromatic carbocycles. The first-order chi connectivity index (χ1) is 11.0. The summed E-state index contributed by atoms with van der Waals surface area (Å²) >= 11 is 0. The lowest BCUT2D eigenvalue weighted by Gasteiger charge is -2.24. The Bertz CT molecular complexity index is 710. The Hall–Kier alpha value is -2.14. The van der Waals surface area contributed by atoms with Crippen molar-refractivity contribution in [2.75, 3.05) is 18.4 Å². The Morgan fingerprint density at radius 3 is 2.91 bits per heavy atom. The smallest absolute Gasteiger partial charge is 0.238 e. The summed E-state index contributed by atoms with van der Waals surface area (Å²) < 4.78 is 15.9. The Morgan fingerprint density at radius 2 is 2.22 bits per heavy atom. The van der Waals surface area contributed by atoms with Gasteiger partial charge in [-0.2, -0.15) is 0 Å². The number of nitrogens with one attached hydrogen (secondary N) is 1. The average Bonchev–Trinajstić information content (AvgIpc) is 3.10. The molecule has 1 saturated heterocycles. The molecule has 0 spiro atoms. The lowest BCUT2D eigenvalue weighted by atomic mass is 10.1. The molecule has 2 aromatic rings. The fourth-order valence-corrected chi connectivity index (χ4v) is 3.27. The third-order valence-electron chi connectivity index (χ3n) is 4.43. The van der Waals surface area contributed by atoms with E-state index in [-0.39, 0.29) is 24.2 Å². The standard InChI is InChI=1S/C18H22FN3O/c1-13-7-8-15(14(19)11-13)20-18(23)12-22-10-4-6-17(22)16-5-3-9-21(16)2/h3,5,7-9,11,17H,4,6,10,12H2,1-2H3,(H,20,23)/t17-/m0/s1. The molecule has 0 radical (unpaired) electrons. The van der Waals surface area contributed by atoms with Crippen molar-refractivity contribution in [2.24, 2.45) is 7.05 Å². The van der Waals surface area contributed by atoms with E-state index >= 15 is 0 Å². The zero-order chi connectivity index (χ0) is 16.4. The molecule has 1 fully saturated rings. The van der Waals surface area contributed by atoms with E-state index in [1.54, 1.807) is 12.1 Å². The van der Waals surface area contributed by atoms with Gasteiger partial charge in [0.2, 0.25) is 5.91 Å². The van der Waals surface area contributed by atoms with Gasteiger partial charge in [-0.25, -0.2) is 4.39 Å². The molecule has 1 N–H and O–H groups in total. The Kier molecular flexibility index (Phi) is 4.48. The minimum atomic E-state index is -0.390. The average molecular weight is 315 g/mol. The molecule has 3 rings (SSSR count). The SMILES string of the molecule is Cc1ccc(NC(=O)CN2CCC[C@H]2c2cccn2C)c(F)c1. The fourth-order valence-electron chi connectivity index (χ4n) is 3.27. The van der Waals surface area contributed by atoms with Crippen LogP contribution >= 0.6 is 0 Å². The number of hydrogen-bond donors (Lipinski definition) is 1. The van der Waals surface area contributed by atoms with Gasteiger partial charge in [0, 0.05) is 18.9 Å². The summed E-state index contributed by atoms with van der Waals surface area (Å²) in [5.74, 6) is -0.562. The van der Waals surface area contributed by atoms with Crippen LogP contribution in [0.5, 0.6) is 0 Å². The highest BCUT2D eigenvalue weighted by molar-refractivity contribution is 5.92. The summed E-state index contributed by atoms with van der Waals surface area (Å²) in [7, 11) is 2.02. The second-order valence-corrected chi connectivity index (χ2v) is 6.20. The number of halogens is 1. The molecule has 23 heavy (non-hydrogen) atoms. The number of nitrogens with zero attached hydrogens (tertiary/aromatic N) is 2. The number of carbonyl (C=O) groups is 1. The monoisotopic (exact) mass is 315 g/mol. The number of anilines is 1. The van der Waals surface area contributed by atoms with Gasteiger partial charge in [-0.3, -0.25) is 9.69 Å². The van der Waals surface area contributed by atoms with Crippen LogP contribution in [-0.2, 0) is 11.8 Å². The number of amides is 1. The highest BCUT2D eigenvalue weighted by Crippen LogP contribution is 2.31. The normalized spacial score (nSPS) is 18.3. The van der Waals surface area contributed by atoms with Crippen LogP contribution < -0.4 is 5.32 Å². The molecule has 4 nitrogen and oxygen atoms in total. The summed E-state index contributed by atoms with van der Waals surface area (Å²) in [6, 6.07) is 9.21. The molecular formula is C18H22FN3O. The van der Waals surface area contributed by atoms with E-state index in [1.807, 2.05) is 26.2 Å². The molecule has 1 aliphatic heterocycles. The van der Waals surface area contributed by atoms with Crippen molar-refractivity contribution < 1.29 is 9.18 Å². The maximum absolute atomic E-state index is 13.8. The van der Waals surface area contributed by atoms with Gasteiger partial charge >= 0.3 is 0 Å². The van der Waals surface area contributed by atoms with Gasteiger partial charge in [-0.1, -0.05) is 6.07 Å². The molecular weight excluding hydrogens is 293 g/mol. The number of aromatic nitrogens is 1. The Morgan fingerprint density at radius 1 is 1.39 bits per heavy atom. The van der Waals surface area contributed by atoms with E-state index in [0.29, 0.717) is 0 Å². The largest absolute Gasteiger partial charge is 0.353 e. The number of carbonyl (C=O) groups excluding carboxylic acids is 1. The van der Waals surface area contributed by atoms with E-state index < -0.39 is 5.82 Å². The summed E-state index contributed by atoms with van der Waals surface area (Å²) in [6.45, 7) is 2.99. The van der Waals surface area contributed by atoms with Crippen molar-refractivity contribution in [3.05, 3.63) is 53.6 Å². The molecule has 0 saturated carbocycles. The van der Waals surface area contributed by atoms with Crippen molar-refractivity contribution in [2.45, 2.75) is 25.8 Å². The summed E-state index contributed by atoms with van der Waals surface area (Å²) in [4.78, 5) is 14.4. The number of benzene rings is 1. The number of aryl methyl sites for hydroxylation is 2. The van der Waals surface area contributed by atoms with Crippen molar-refractivity contribution in [1.82, 2.24) is 9.47 Å². The van der Waals surface area contributed by atoms with Crippen LogP contribution in [-0.4, -0.2) is 28.5 Å². The van der Waals surface area contributed by atoms with Crippen molar-refractivity contribution in [3.63, 3.8) is 0 Å². The molecule has 0 unspecified atom stereocenters. The highest BCUT2D eigenvalue weighted by Gasteiger charge is 2.29. The maximum Gasteiger partial charge on any atom is 0.238 e. The number of likely N-dealkylation sites (tertiary alicyclic amines) is 1. The first kappa shape index (κ1) is 15.7. The zero-order valence-corrected chi connectivity index (χ0v) is 13.6. The molecule has 0 aliphatic carbocycles. The van der Waals surface area contributed by atoms with Crippen LogP contribution in [0.4, 0.5) is 10.1 Å². The van der Waals surface area contributed by atoms with Gasteiger partial charge < -0.3 is 9.88 Å². The minimum absolute atomic E-state index is 0.172. The van der Waals surface area contributed by atoms with Crippen LogP contribution in [0.2, 0.25) is 0 Å². The lowest BCUT2D eigenvalue weighted by molar-refractivity contribution is -0.117. The van der Waals surface area contributed by atoms with Crippen molar-refractivity contribution >= 4 is 11.6 Å². The quantitative estimate of drug-likeness (QED) is 0.940. The molecule has 1 aliphatic rings.